The number of nitrogens with zero attached hydrogens (tertiary/aromatic N) is 2. The van der Waals surface area contributed by atoms with Crippen LogP contribution in [0.1, 0.15) is 26.7 Å². The first kappa shape index (κ1) is 18.7. The highest BCUT2D eigenvalue weighted by Crippen LogP contribution is 2.27. The predicted molar refractivity (Wildman–Crippen MR) is 93.2 cm³/mol. The molecule has 136 valence electrons. The average molecular weight is 349 g/mol. The van der Waals surface area contributed by atoms with Gasteiger partial charge in [-0.1, -0.05) is 12.2 Å². The summed E-state index contributed by atoms with van der Waals surface area (Å²) < 4.78 is 11.0. The molecule has 2 atom stereocenters. The van der Waals surface area contributed by atoms with Gasteiger partial charge in [-0.15, -0.1) is 0 Å². The highest BCUT2D eigenvalue weighted by molar-refractivity contribution is 5.93. The molecule has 9 nitrogen and oxygen atoms in total. The molecule has 1 aliphatic rings. The second-order valence-electron chi connectivity index (χ2n) is 5.51. The summed E-state index contributed by atoms with van der Waals surface area (Å²) in [5.74, 6) is 0.326. The number of esters is 1. The van der Waals surface area contributed by atoms with Gasteiger partial charge in [-0.2, -0.15) is 0 Å². The molecular weight excluding hydrogens is 326 g/mol. The molecule has 25 heavy (non-hydrogen) atoms. The Kier molecular flexibility index (Phi) is 6.70. The lowest BCUT2D eigenvalue weighted by atomic mass is 10.2. The fourth-order valence-electron chi connectivity index (χ4n) is 2.37. The van der Waals surface area contributed by atoms with Crippen LogP contribution in [0.25, 0.3) is 0 Å². The lowest BCUT2D eigenvalue weighted by molar-refractivity contribution is -0.146. The first-order chi connectivity index (χ1) is 12.0. The van der Waals surface area contributed by atoms with Crippen molar-refractivity contribution in [3.8, 4) is 0 Å². The number of rotatable bonds is 6. The number of amides is 1. The molecule has 2 heterocycles. The van der Waals surface area contributed by atoms with E-state index in [1.807, 2.05) is 12.2 Å². The Labute approximate surface area is 146 Å². The molecule has 0 spiro atoms. The zero-order valence-electron chi connectivity index (χ0n) is 14.5. The summed E-state index contributed by atoms with van der Waals surface area (Å²) in [6.45, 7) is 2.97. The third-order valence-electron chi connectivity index (χ3n) is 3.43. The Hall–Kier alpha value is -2.68. The van der Waals surface area contributed by atoms with E-state index in [9.17, 15) is 9.59 Å². The quantitative estimate of drug-likeness (QED) is 0.523. The normalized spacial score (nSPS) is 19.6. The second kappa shape index (κ2) is 8.97. The van der Waals surface area contributed by atoms with Gasteiger partial charge in [-0.25, -0.2) is 9.97 Å². The highest BCUT2D eigenvalue weighted by Gasteiger charge is 2.21. The third-order valence-corrected chi connectivity index (χ3v) is 3.43. The van der Waals surface area contributed by atoms with E-state index in [1.165, 1.54) is 20.2 Å². The topological polar surface area (TPSA) is 114 Å². The summed E-state index contributed by atoms with van der Waals surface area (Å²) in [6, 6.07) is 0. The monoisotopic (exact) mass is 349 g/mol. The van der Waals surface area contributed by atoms with Crippen molar-refractivity contribution >= 4 is 29.2 Å². The first-order valence-corrected chi connectivity index (χ1v) is 8.00. The maximum Gasteiger partial charge on any atom is 0.302 e. The molecule has 0 saturated carbocycles. The first-order valence-electron chi connectivity index (χ1n) is 8.00. The van der Waals surface area contributed by atoms with E-state index in [0.29, 0.717) is 30.2 Å². The van der Waals surface area contributed by atoms with Crippen LogP contribution in [-0.4, -0.2) is 47.8 Å². The SMILES string of the molecule is CNc1c(NC(C)=O)ncnc1N[C@H]1CC=CC[C@@H](COC(C)=O)O1. The number of ether oxygens (including phenoxy) is 2. The van der Waals surface area contributed by atoms with Gasteiger partial charge in [0.2, 0.25) is 5.91 Å². The second-order valence-corrected chi connectivity index (χ2v) is 5.51. The molecule has 0 saturated heterocycles. The van der Waals surface area contributed by atoms with E-state index in [-0.39, 0.29) is 30.8 Å². The zero-order valence-corrected chi connectivity index (χ0v) is 14.5. The van der Waals surface area contributed by atoms with Gasteiger partial charge in [0.15, 0.2) is 11.6 Å². The molecular formula is C16H23N5O4. The molecule has 0 fully saturated rings. The van der Waals surface area contributed by atoms with E-state index in [2.05, 4.69) is 25.9 Å². The summed E-state index contributed by atoms with van der Waals surface area (Å²) in [7, 11) is 1.71. The Balaban J connectivity index is 2.10. The average Bonchev–Trinajstić information content (AvgIpc) is 2.78. The summed E-state index contributed by atoms with van der Waals surface area (Å²) >= 11 is 0. The van der Waals surface area contributed by atoms with Gasteiger partial charge < -0.3 is 25.4 Å². The van der Waals surface area contributed by atoms with E-state index in [1.54, 1.807) is 7.05 Å². The number of nitrogens with one attached hydrogen (secondary N) is 3. The van der Waals surface area contributed by atoms with Crippen LogP contribution in [0.15, 0.2) is 18.5 Å². The molecule has 1 aromatic heterocycles. The fourth-order valence-corrected chi connectivity index (χ4v) is 2.37. The van der Waals surface area contributed by atoms with E-state index in [4.69, 9.17) is 9.47 Å². The molecule has 1 amide bonds. The van der Waals surface area contributed by atoms with Crippen LogP contribution >= 0.6 is 0 Å². The molecule has 0 aliphatic carbocycles. The van der Waals surface area contributed by atoms with Gasteiger partial charge in [0.05, 0.1) is 6.10 Å². The van der Waals surface area contributed by atoms with Crippen LogP contribution in [0.5, 0.6) is 0 Å². The lowest BCUT2D eigenvalue weighted by Gasteiger charge is -2.24. The van der Waals surface area contributed by atoms with E-state index in [0.717, 1.165) is 0 Å². The third kappa shape index (κ3) is 5.71. The van der Waals surface area contributed by atoms with Crippen LogP contribution < -0.4 is 16.0 Å². The maximum atomic E-state index is 11.3. The van der Waals surface area contributed by atoms with Crippen molar-refractivity contribution < 1.29 is 19.1 Å². The zero-order chi connectivity index (χ0) is 18.2. The Morgan fingerprint density at radius 3 is 2.64 bits per heavy atom. The number of aromatic nitrogens is 2. The maximum absolute atomic E-state index is 11.3. The molecule has 0 unspecified atom stereocenters. The predicted octanol–water partition coefficient (Wildman–Crippen LogP) is 1.51. The molecule has 0 radical (unpaired) electrons. The van der Waals surface area contributed by atoms with Gasteiger partial charge in [0, 0.05) is 27.3 Å². The van der Waals surface area contributed by atoms with Gasteiger partial charge in [-0.05, 0) is 6.42 Å². The van der Waals surface area contributed by atoms with Crippen molar-refractivity contribution in [1.29, 1.82) is 0 Å². The minimum Gasteiger partial charge on any atom is -0.463 e. The Morgan fingerprint density at radius 1 is 1.24 bits per heavy atom. The van der Waals surface area contributed by atoms with Crippen LogP contribution in [-0.2, 0) is 19.1 Å². The number of carbonyl (C=O) groups is 2. The summed E-state index contributed by atoms with van der Waals surface area (Å²) in [5, 5.41) is 8.82. The molecule has 3 N–H and O–H groups in total. The largest absolute Gasteiger partial charge is 0.463 e. The summed E-state index contributed by atoms with van der Waals surface area (Å²) in [4.78, 5) is 30.6. The summed E-state index contributed by atoms with van der Waals surface area (Å²) in [5.41, 5.74) is 0.561. The smallest absolute Gasteiger partial charge is 0.302 e. The lowest BCUT2D eigenvalue weighted by Crippen LogP contribution is -2.31. The number of hydrogen-bond acceptors (Lipinski definition) is 8. The van der Waals surface area contributed by atoms with Gasteiger partial charge in [-0.3, -0.25) is 9.59 Å². The molecule has 1 aliphatic heterocycles. The molecule has 0 aromatic carbocycles. The van der Waals surface area contributed by atoms with Crippen molar-refractivity contribution in [2.75, 3.05) is 29.6 Å². The fraction of sp³-hybridized carbons (Fsp3) is 0.500. The van der Waals surface area contributed by atoms with Crippen molar-refractivity contribution in [3.63, 3.8) is 0 Å². The standard InChI is InChI=1S/C16H23N5O4/c1-10(22)20-15-14(17-3)16(19-9-18-15)21-13-7-5-4-6-12(25-13)8-24-11(2)23/h4-5,9,12-13,17H,6-8H2,1-3H3,(H2,18,19,20,21,22)/t12-,13+/m0/s1. The molecule has 9 heteroatoms. The molecule has 1 aromatic rings. The highest BCUT2D eigenvalue weighted by atomic mass is 16.6. The van der Waals surface area contributed by atoms with E-state index >= 15 is 0 Å². The van der Waals surface area contributed by atoms with Gasteiger partial charge in [0.25, 0.3) is 0 Å². The van der Waals surface area contributed by atoms with E-state index < -0.39 is 0 Å². The van der Waals surface area contributed by atoms with Gasteiger partial charge in [0.1, 0.15) is 24.8 Å². The minimum absolute atomic E-state index is 0.192. The number of anilines is 3. The number of hydrogen-bond donors (Lipinski definition) is 3. The van der Waals surface area contributed by atoms with Crippen LogP contribution in [0.3, 0.4) is 0 Å². The number of carbonyl (C=O) groups excluding carboxylic acids is 2. The van der Waals surface area contributed by atoms with Crippen LogP contribution in [0.2, 0.25) is 0 Å². The Bertz CT molecular complexity index is 649. The van der Waals surface area contributed by atoms with Gasteiger partial charge >= 0.3 is 5.97 Å². The Morgan fingerprint density at radius 2 is 1.96 bits per heavy atom. The molecule has 2 rings (SSSR count). The van der Waals surface area contributed by atoms with Crippen LogP contribution in [0, 0.1) is 0 Å². The summed E-state index contributed by atoms with van der Waals surface area (Å²) in [6.07, 6.45) is 6.04. The van der Waals surface area contributed by atoms with Crippen molar-refractivity contribution in [3.05, 3.63) is 18.5 Å². The van der Waals surface area contributed by atoms with Crippen molar-refractivity contribution in [1.82, 2.24) is 9.97 Å². The molecule has 0 bridgehead atoms. The minimum atomic E-state index is -0.355. The van der Waals surface area contributed by atoms with Crippen molar-refractivity contribution in [2.24, 2.45) is 0 Å². The van der Waals surface area contributed by atoms with Crippen molar-refractivity contribution in [2.45, 2.75) is 39.0 Å². The van der Waals surface area contributed by atoms with Crippen LogP contribution in [0.4, 0.5) is 17.3 Å².